The van der Waals surface area contributed by atoms with Crippen LogP contribution in [0, 0.1) is 11.3 Å². The molecule has 24 heavy (non-hydrogen) atoms. The normalized spacial score (nSPS) is 18.9. The number of hydrogen-bond donors (Lipinski definition) is 1. The van der Waals surface area contributed by atoms with Crippen LogP contribution in [-0.2, 0) is 0 Å². The third-order valence-electron chi connectivity index (χ3n) is 4.13. The van der Waals surface area contributed by atoms with Gasteiger partial charge in [-0.2, -0.15) is 5.26 Å². The number of aliphatic hydroxyl groups is 1. The molecule has 2 aromatic rings. The van der Waals surface area contributed by atoms with Crippen molar-refractivity contribution in [1.82, 2.24) is 14.9 Å². The minimum absolute atomic E-state index is 0.146. The Morgan fingerprint density at radius 3 is 2.88 bits per heavy atom. The zero-order chi connectivity index (χ0) is 16.8. The zero-order valence-electron chi connectivity index (χ0n) is 13.4. The van der Waals surface area contributed by atoms with Gasteiger partial charge in [0.2, 0.25) is 0 Å². The number of nitrogens with zero attached hydrogens (tertiary/aromatic N) is 4. The highest BCUT2D eigenvalue weighted by Crippen LogP contribution is 2.29. The predicted molar refractivity (Wildman–Crippen MR) is 88.2 cm³/mol. The van der Waals surface area contributed by atoms with Crippen molar-refractivity contribution in [2.45, 2.75) is 25.0 Å². The van der Waals surface area contributed by atoms with Crippen LogP contribution in [0.25, 0.3) is 0 Å². The fourth-order valence-corrected chi connectivity index (χ4v) is 3.01. The molecule has 1 fully saturated rings. The topological polar surface area (TPSA) is 82.3 Å². The van der Waals surface area contributed by atoms with Crippen molar-refractivity contribution in [3.8, 4) is 11.8 Å². The second kappa shape index (κ2) is 7.86. The molecular formula is C18H20N4O2. The second-order valence-corrected chi connectivity index (χ2v) is 5.83. The van der Waals surface area contributed by atoms with Gasteiger partial charge < -0.3 is 9.84 Å². The maximum Gasteiger partial charge on any atom is 0.145 e. The standard InChI is InChI=1S/C18H20N4O2/c19-11-14-5-1-2-7-17(14)24-13-15(23)12-22-10-3-6-16(22)18-20-8-4-9-21-18/h1-2,4-5,7-9,15-16,23H,3,6,10,12-13H2. The summed E-state index contributed by atoms with van der Waals surface area (Å²) in [4.78, 5) is 10.9. The fourth-order valence-electron chi connectivity index (χ4n) is 3.01. The van der Waals surface area contributed by atoms with Crippen LogP contribution in [0.5, 0.6) is 5.75 Å². The number of benzene rings is 1. The van der Waals surface area contributed by atoms with E-state index in [1.165, 1.54) is 0 Å². The molecule has 0 radical (unpaired) electrons. The molecule has 0 amide bonds. The lowest BCUT2D eigenvalue weighted by Gasteiger charge is -2.25. The van der Waals surface area contributed by atoms with Gasteiger partial charge in [0.05, 0.1) is 11.6 Å². The molecule has 0 spiro atoms. The van der Waals surface area contributed by atoms with Crippen molar-refractivity contribution in [2.24, 2.45) is 0 Å². The van der Waals surface area contributed by atoms with E-state index in [2.05, 4.69) is 20.9 Å². The molecule has 124 valence electrons. The third kappa shape index (κ3) is 3.88. The van der Waals surface area contributed by atoms with E-state index in [-0.39, 0.29) is 12.6 Å². The summed E-state index contributed by atoms with van der Waals surface area (Å²) < 4.78 is 5.61. The lowest BCUT2D eigenvalue weighted by Crippen LogP contribution is -2.35. The van der Waals surface area contributed by atoms with E-state index in [1.807, 2.05) is 6.07 Å². The van der Waals surface area contributed by atoms with Gasteiger partial charge in [-0.15, -0.1) is 0 Å². The Bertz CT molecular complexity index is 702. The van der Waals surface area contributed by atoms with Crippen LogP contribution >= 0.6 is 0 Å². The van der Waals surface area contributed by atoms with Gasteiger partial charge >= 0.3 is 0 Å². The Kier molecular flexibility index (Phi) is 5.36. The highest BCUT2D eigenvalue weighted by Gasteiger charge is 2.29. The van der Waals surface area contributed by atoms with E-state index in [9.17, 15) is 5.11 Å². The number of aromatic nitrogens is 2. The maximum absolute atomic E-state index is 10.3. The molecule has 6 nitrogen and oxygen atoms in total. The highest BCUT2D eigenvalue weighted by atomic mass is 16.5. The molecule has 1 saturated heterocycles. The number of ether oxygens (including phenoxy) is 1. The minimum atomic E-state index is -0.638. The molecule has 1 N–H and O–H groups in total. The monoisotopic (exact) mass is 324 g/mol. The van der Waals surface area contributed by atoms with Crippen molar-refractivity contribution in [2.75, 3.05) is 19.7 Å². The molecule has 0 saturated carbocycles. The predicted octanol–water partition coefficient (Wildman–Crippen LogP) is 1.93. The SMILES string of the molecule is N#Cc1ccccc1OCC(O)CN1CCCC1c1ncccn1. The Morgan fingerprint density at radius 1 is 1.29 bits per heavy atom. The molecular weight excluding hydrogens is 304 g/mol. The minimum Gasteiger partial charge on any atom is -0.489 e. The average Bonchev–Trinajstić information content (AvgIpc) is 3.09. The Balaban J connectivity index is 1.56. The van der Waals surface area contributed by atoms with Crippen LogP contribution in [0.15, 0.2) is 42.7 Å². The molecule has 2 atom stereocenters. The molecule has 2 unspecified atom stereocenters. The quantitative estimate of drug-likeness (QED) is 0.874. The van der Waals surface area contributed by atoms with Gasteiger partial charge in [-0.05, 0) is 37.6 Å². The van der Waals surface area contributed by atoms with Crippen LogP contribution in [0.3, 0.4) is 0 Å². The van der Waals surface area contributed by atoms with Gasteiger partial charge in [-0.1, -0.05) is 12.1 Å². The van der Waals surface area contributed by atoms with Gasteiger partial charge in [0, 0.05) is 18.9 Å². The molecule has 1 aliphatic rings. The van der Waals surface area contributed by atoms with E-state index in [0.717, 1.165) is 25.2 Å². The van der Waals surface area contributed by atoms with E-state index >= 15 is 0 Å². The first-order chi connectivity index (χ1) is 11.8. The summed E-state index contributed by atoms with van der Waals surface area (Å²) in [6.45, 7) is 1.56. The van der Waals surface area contributed by atoms with Crippen LogP contribution in [0.4, 0.5) is 0 Å². The second-order valence-electron chi connectivity index (χ2n) is 5.83. The van der Waals surface area contributed by atoms with Crippen molar-refractivity contribution >= 4 is 0 Å². The summed E-state index contributed by atoms with van der Waals surface area (Å²) in [5.41, 5.74) is 0.474. The van der Waals surface area contributed by atoms with Gasteiger partial charge in [0.25, 0.3) is 0 Å². The number of aliphatic hydroxyl groups excluding tert-OH is 1. The average molecular weight is 324 g/mol. The summed E-state index contributed by atoms with van der Waals surface area (Å²) in [5.74, 6) is 1.31. The number of nitriles is 1. The number of para-hydroxylation sites is 1. The van der Waals surface area contributed by atoms with E-state index < -0.39 is 6.10 Å². The van der Waals surface area contributed by atoms with Gasteiger partial charge in [0.15, 0.2) is 0 Å². The maximum atomic E-state index is 10.3. The number of β-amino-alcohol motifs (C(OH)–C–C–N with tert-alkyl or cyclic N) is 1. The third-order valence-corrected chi connectivity index (χ3v) is 4.13. The Morgan fingerprint density at radius 2 is 2.08 bits per heavy atom. The van der Waals surface area contributed by atoms with Crippen LogP contribution in [-0.4, -0.2) is 45.8 Å². The van der Waals surface area contributed by atoms with E-state index in [4.69, 9.17) is 10.00 Å². The largest absolute Gasteiger partial charge is 0.489 e. The first-order valence-corrected chi connectivity index (χ1v) is 8.09. The zero-order valence-corrected chi connectivity index (χ0v) is 13.4. The van der Waals surface area contributed by atoms with Crippen LogP contribution in [0.1, 0.15) is 30.3 Å². The van der Waals surface area contributed by atoms with E-state index in [0.29, 0.717) is 17.9 Å². The lowest BCUT2D eigenvalue weighted by atomic mass is 10.2. The summed E-state index contributed by atoms with van der Waals surface area (Å²) in [6.07, 6.45) is 4.91. The van der Waals surface area contributed by atoms with Crippen molar-refractivity contribution < 1.29 is 9.84 Å². The molecule has 6 heteroatoms. The molecule has 3 rings (SSSR count). The Labute approximate surface area is 141 Å². The summed E-state index contributed by atoms with van der Waals surface area (Å²) in [7, 11) is 0. The summed E-state index contributed by atoms with van der Waals surface area (Å²) in [6, 6.07) is 11.1. The first-order valence-electron chi connectivity index (χ1n) is 8.09. The highest BCUT2D eigenvalue weighted by molar-refractivity contribution is 5.42. The molecule has 1 aliphatic heterocycles. The molecule has 2 heterocycles. The molecule has 0 bridgehead atoms. The van der Waals surface area contributed by atoms with Gasteiger partial charge in [-0.25, -0.2) is 9.97 Å². The smallest absolute Gasteiger partial charge is 0.145 e. The van der Waals surface area contributed by atoms with Gasteiger partial charge in [0.1, 0.15) is 30.4 Å². The summed E-state index contributed by atoms with van der Waals surface area (Å²) >= 11 is 0. The molecule has 1 aromatic heterocycles. The number of hydrogen-bond acceptors (Lipinski definition) is 6. The number of likely N-dealkylation sites (tertiary alicyclic amines) is 1. The van der Waals surface area contributed by atoms with Crippen LogP contribution in [0.2, 0.25) is 0 Å². The van der Waals surface area contributed by atoms with Crippen LogP contribution < -0.4 is 4.74 Å². The fraction of sp³-hybridized carbons (Fsp3) is 0.389. The Hall–Kier alpha value is -2.49. The lowest BCUT2D eigenvalue weighted by molar-refractivity contribution is 0.0626. The molecule has 1 aromatic carbocycles. The summed E-state index contributed by atoms with van der Waals surface area (Å²) in [5, 5.41) is 19.4. The number of rotatable bonds is 6. The van der Waals surface area contributed by atoms with Gasteiger partial charge in [-0.3, -0.25) is 4.90 Å². The van der Waals surface area contributed by atoms with Crippen molar-refractivity contribution in [3.05, 3.63) is 54.1 Å². The van der Waals surface area contributed by atoms with E-state index in [1.54, 1.807) is 36.7 Å². The van der Waals surface area contributed by atoms with Crippen molar-refractivity contribution in [3.63, 3.8) is 0 Å². The first kappa shape index (κ1) is 16.4. The molecule has 0 aliphatic carbocycles. The van der Waals surface area contributed by atoms with Crippen molar-refractivity contribution in [1.29, 1.82) is 5.26 Å².